The van der Waals surface area contributed by atoms with Crippen molar-refractivity contribution in [3.8, 4) is 67.5 Å². The van der Waals surface area contributed by atoms with Crippen molar-refractivity contribution in [3.05, 3.63) is 216 Å². The van der Waals surface area contributed by atoms with Crippen LogP contribution in [0.1, 0.15) is 22.3 Å². The molecule has 11 rings (SSSR count). The molecule has 1 aliphatic heterocycles. The van der Waals surface area contributed by atoms with Crippen LogP contribution in [0.15, 0.2) is 194 Å². The van der Waals surface area contributed by atoms with E-state index < -0.39 is 5.41 Å². The molecule has 0 unspecified atom stereocenters. The molecule has 252 valence electrons. The Labute approximate surface area is 313 Å². The van der Waals surface area contributed by atoms with E-state index in [4.69, 9.17) is 14.7 Å². The molecule has 1 aromatic heterocycles. The Balaban J connectivity index is 1.03. The minimum atomic E-state index is -0.475. The topological polar surface area (TPSA) is 35.0 Å². The standard InChI is InChI=1S/C51H32N2O/c1-2-14-35(15-3-1)50-52-46-24-12-8-20-41(46)49(53-50)34-28-26-33(27-29-34)37-16-4-5-17-38(37)36-30-31-45-48(32-36)54-47-25-13-11-23-44(47)51(45)42-21-9-6-18-39(42)40-19-7-10-22-43(40)51/h1-32H. The van der Waals surface area contributed by atoms with Gasteiger partial charge in [-0.2, -0.15) is 0 Å². The van der Waals surface area contributed by atoms with Gasteiger partial charge in [0.05, 0.1) is 16.6 Å². The van der Waals surface area contributed by atoms with Crippen molar-refractivity contribution < 1.29 is 4.74 Å². The van der Waals surface area contributed by atoms with E-state index in [1.807, 2.05) is 24.3 Å². The summed E-state index contributed by atoms with van der Waals surface area (Å²) in [6.07, 6.45) is 0. The maximum Gasteiger partial charge on any atom is 0.160 e. The van der Waals surface area contributed by atoms with Crippen LogP contribution in [0.2, 0.25) is 0 Å². The van der Waals surface area contributed by atoms with Gasteiger partial charge in [-0.15, -0.1) is 0 Å². The van der Waals surface area contributed by atoms with E-state index in [1.165, 1.54) is 27.8 Å². The average Bonchev–Trinajstić information content (AvgIpc) is 3.54. The summed E-state index contributed by atoms with van der Waals surface area (Å²) in [7, 11) is 0. The first kappa shape index (κ1) is 30.5. The first-order chi connectivity index (χ1) is 26.8. The summed E-state index contributed by atoms with van der Waals surface area (Å²) >= 11 is 0. The largest absolute Gasteiger partial charge is 0.457 e. The molecule has 1 spiro atoms. The molecule has 0 saturated heterocycles. The average molecular weight is 689 g/mol. The van der Waals surface area contributed by atoms with Crippen molar-refractivity contribution in [2.75, 3.05) is 0 Å². The monoisotopic (exact) mass is 688 g/mol. The Morgan fingerprint density at radius 1 is 0.352 bits per heavy atom. The number of benzene rings is 8. The fourth-order valence-electron chi connectivity index (χ4n) is 8.84. The third kappa shape index (κ3) is 4.49. The van der Waals surface area contributed by atoms with Crippen molar-refractivity contribution in [1.29, 1.82) is 0 Å². The fourth-order valence-corrected chi connectivity index (χ4v) is 8.84. The van der Waals surface area contributed by atoms with Crippen LogP contribution in [0.25, 0.3) is 66.9 Å². The molecule has 3 heteroatoms. The fraction of sp³-hybridized carbons (Fsp3) is 0.0196. The van der Waals surface area contributed by atoms with Crippen LogP contribution in [-0.4, -0.2) is 9.97 Å². The molecule has 8 aromatic carbocycles. The maximum absolute atomic E-state index is 6.83. The van der Waals surface area contributed by atoms with Gasteiger partial charge in [0.25, 0.3) is 0 Å². The molecule has 3 nitrogen and oxygen atoms in total. The Morgan fingerprint density at radius 2 is 0.889 bits per heavy atom. The van der Waals surface area contributed by atoms with Gasteiger partial charge in [0.1, 0.15) is 11.5 Å². The lowest BCUT2D eigenvalue weighted by molar-refractivity contribution is 0.436. The second kappa shape index (κ2) is 12.0. The lowest BCUT2D eigenvalue weighted by Gasteiger charge is -2.39. The molecule has 0 radical (unpaired) electrons. The normalized spacial score (nSPS) is 13.1. The summed E-state index contributed by atoms with van der Waals surface area (Å²) in [5.74, 6) is 2.50. The zero-order valence-electron chi connectivity index (χ0n) is 29.3. The molecule has 0 amide bonds. The summed E-state index contributed by atoms with van der Waals surface area (Å²) in [5.41, 5.74) is 15.5. The van der Waals surface area contributed by atoms with Gasteiger partial charge in [0.2, 0.25) is 0 Å². The third-order valence-electron chi connectivity index (χ3n) is 11.2. The van der Waals surface area contributed by atoms with Gasteiger partial charge in [0, 0.05) is 27.6 Å². The number of hydrogen-bond donors (Lipinski definition) is 0. The van der Waals surface area contributed by atoms with Gasteiger partial charge in [0.15, 0.2) is 5.82 Å². The number of nitrogens with zero attached hydrogens (tertiary/aromatic N) is 2. The van der Waals surface area contributed by atoms with E-state index in [1.54, 1.807) is 0 Å². The van der Waals surface area contributed by atoms with Crippen molar-refractivity contribution in [2.24, 2.45) is 0 Å². The highest BCUT2D eigenvalue weighted by Gasteiger charge is 2.50. The van der Waals surface area contributed by atoms with E-state index in [0.29, 0.717) is 0 Å². The Hall–Kier alpha value is -7.10. The van der Waals surface area contributed by atoms with E-state index in [0.717, 1.165) is 72.9 Å². The van der Waals surface area contributed by atoms with E-state index in [-0.39, 0.29) is 0 Å². The molecule has 0 saturated carbocycles. The second-order valence-electron chi connectivity index (χ2n) is 14.1. The van der Waals surface area contributed by atoms with Crippen LogP contribution < -0.4 is 4.74 Å². The first-order valence-corrected chi connectivity index (χ1v) is 18.4. The first-order valence-electron chi connectivity index (χ1n) is 18.4. The lowest BCUT2D eigenvalue weighted by Crippen LogP contribution is -2.32. The predicted octanol–water partition coefficient (Wildman–Crippen LogP) is 12.8. The molecule has 54 heavy (non-hydrogen) atoms. The van der Waals surface area contributed by atoms with Crippen LogP contribution in [0.3, 0.4) is 0 Å². The SMILES string of the molecule is c1ccc(-c2nc(-c3ccc(-c4ccccc4-c4ccc5c(c4)Oc4ccccc4C54c5ccccc5-c5ccccc54)cc3)c3ccccc3n2)cc1. The van der Waals surface area contributed by atoms with Crippen molar-refractivity contribution in [2.45, 2.75) is 5.41 Å². The van der Waals surface area contributed by atoms with Crippen LogP contribution >= 0.6 is 0 Å². The van der Waals surface area contributed by atoms with Crippen molar-refractivity contribution in [3.63, 3.8) is 0 Å². The zero-order chi connectivity index (χ0) is 35.6. The highest BCUT2D eigenvalue weighted by Crippen LogP contribution is 2.62. The van der Waals surface area contributed by atoms with E-state index in [9.17, 15) is 0 Å². The molecule has 2 aliphatic rings. The summed E-state index contributed by atoms with van der Waals surface area (Å²) in [4.78, 5) is 10.0. The summed E-state index contributed by atoms with van der Waals surface area (Å²) < 4.78 is 6.83. The number of fused-ring (bicyclic) bond motifs is 10. The Kier molecular flexibility index (Phi) is 6.77. The zero-order valence-corrected chi connectivity index (χ0v) is 29.3. The molecule has 9 aromatic rings. The predicted molar refractivity (Wildman–Crippen MR) is 219 cm³/mol. The van der Waals surface area contributed by atoms with Crippen LogP contribution in [0.4, 0.5) is 0 Å². The van der Waals surface area contributed by atoms with E-state index >= 15 is 0 Å². The molecule has 0 fully saturated rings. The molecule has 0 atom stereocenters. The van der Waals surface area contributed by atoms with Crippen LogP contribution in [0, 0.1) is 0 Å². The Morgan fingerprint density at radius 3 is 1.63 bits per heavy atom. The second-order valence-corrected chi connectivity index (χ2v) is 14.1. The summed E-state index contributed by atoms with van der Waals surface area (Å²) in [6.45, 7) is 0. The van der Waals surface area contributed by atoms with Gasteiger partial charge in [-0.1, -0.05) is 176 Å². The molecule has 2 heterocycles. The molecular formula is C51H32N2O. The third-order valence-corrected chi connectivity index (χ3v) is 11.2. The summed E-state index contributed by atoms with van der Waals surface area (Å²) in [5, 5.41) is 1.03. The van der Waals surface area contributed by atoms with Crippen molar-refractivity contribution >= 4 is 10.9 Å². The van der Waals surface area contributed by atoms with Crippen LogP contribution in [-0.2, 0) is 5.41 Å². The van der Waals surface area contributed by atoms with Gasteiger partial charge in [-0.3, -0.25) is 0 Å². The smallest absolute Gasteiger partial charge is 0.160 e. The van der Waals surface area contributed by atoms with Gasteiger partial charge in [-0.25, -0.2) is 9.97 Å². The number of para-hydroxylation sites is 2. The number of aromatic nitrogens is 2. The minimum Gasteiger partial charge on any atom is -0.457 e. The van der Waals surface area contributed by atoms with Crippen LogP contribution in [0.5, 0.6) is 11.5 Å². The van der Waals surface area contributed by atoms with Gasteiger partial charge >= 0.3 is 0 Å². The lowest BCUT2D eigenvalue weighted by atomic mass is 9.66. The number of rotatable bonds is 4. The molecule has 0 N–H and O–H groups in total. The quantitative estimate of drug-likeness (QED) is 0.185. The highest BCUT2D eigenvalue weighted by atomic mass is 16.5. The number of hydrogen-bond acceptors (Lipinski definition) is 3. The van der Waals surface area contributed by atoms with Gasteiger partial charge in [-0.05, 0) is 62.7 Å². The Bertz CT molecular complexity index is 2870. The van der Waals surface area contributed by atoms with Gasteiger partial charge < -0.3 is 4.74 Å². The molecular weight excluding hydrogens is 657 g/mol. The highest BCUT2D eigenvalue weighted by molar-refractivity contribution is 5.95. The summed E-state index contributed by atoms with van der Waals surface area (Å²) in [6, 6.07) is 68.9. The minimum absolute atomic E-state index is 0.475. The van der Waals surface area contributed by atoms with E-state index in [2.05, 4.69) is 170 Å². The number of ether oxygens (including phenoxy) is 1. The molecule has 0 bridgehead atoms. The maximum atomic E-state index is 6.83. The molecule has 1 aliphatic carbocycles. The van der Waals surface area contributed by atoms with Crippen molar-refractivity contribution in [1.82, 2.24) is 9.97 Å².